The predicted molar refractivity (Wildman–Crippen MR) is 53.9 cm³/mol. The lowest BCUT2D eigenvalue weighted by molar-refractivity contribution is -0.142. The van der Waals surface area contributed by atoms with Crippen LogP contribution in [0.1, 0.15) is 24.5 Å². The summed E-state index contributed by atoms with van der Waals surface area (Å²) in [6, 6.07) is 0. The fraction of sp³-hybridized carbons (Fsp3) is 0.400. The molecule has 0 spiro atoms. The highest BCUT2D eigenvalue weighted by molar-refractivity contribution is 5.75. The van der Waals surface area contributed by atoms with E-state index < -0.39 is 36.0 Å². The van der Waals surface area contributed by atoms with Crippen LogP contribution in [0.25, 0.3) is 0 Å². The van der Waals surface area contributed by atoms with Gasteiger partial charge in [0.2, 0.25) is 5.95 Å². The Morgan fingerprint density at radius 3 is 2.76 bits per heavy atom. The molecule has 2 N–H and O–H groups in total. The number of nitrogen functional groups attached to an aromatic ring is 1. The Kier molecular flexibility index (Phi) is 4.30. The minimum atomic E-state index is -2.88. The van der Waals surface area contributed by atoms with Crippen LogP contribution in [0.15, 0.2) is 6.20 Å². The van der Waals surface area contributed by atoms with E-state index in [2.05, 4.69) is 9.72 Å². The van der Waals surface area contributed by atoms with Gasteiger partial charge in [-0.05, 0) is 6.92 Å². The molecular weight excluding hydrogens is 237 g/mol. The van der Waals surface area contributed by atoms with Crippen molar-refractivity contribution >= 4 is 11.7 Å². The Bertz CT molecular complexity index is 424. The molecule has 1 aromatic rings. The molecule has 94 valence electrons. The molecule has 4 nitrogen and oxygen atoms in total. The van der Waals surface area contributed by atoms with Gasteiger partial charge < -0.3 is 10.5 Å². The number of nitrogens with zero attached hydrogens (tertiary/aromatic N) is 1. The number of alkyl halides is 2. The maximum Gasteiger partial charge on any atom is 0.310 e. The zero-order valence-corrected chi connectivity index (χ0v) is 9.04. The highest BCUT2D eigenvalue weighted by Crippen LogP contribution is 2.28. The summed E-state index contributed by atoms with van der Waals surface area (Å²) in [5, 5.41) is 0. The molecule has 0 aliphatic heterocycles. The summed E-state index contributed by atoms with van der Waals surface area (Å²) in [5.41, 5.74) is 3.91. The monoisotopic (exact) mass is 248 g/mol. The minimum Gasteiger partial charge on any atom is -0.466 e. The van der Waals surface area contributed by atoms with Gasteiger partial charge in [-0.2, -0.15) is 4.39 Å². The Hall–Kier alpha value is -1.79. The number of carbonyl (C=O) groups is 1. The molecule has 0 saturated carbocycles. The number of carbonyl (C=O) groups excluding carboxylic acids is 1. The molecule has 1 rings (SSSR count). The molecule has 0 radical (unpaired) electrons. The molecule has 0 aliphatic carbocycles. The second-order valence-corrected chi connectivity index (χ2v) is 3.18. The van der Waals surface area contributed by atoms with Crippen LogP contribution in [0.5, 0.6) is 0 Å². The number of ether oxygens (including phenoxy) is 1. The van der Waals surface area contributed by atoms with Gasteiger partial charge in [-0.1, -0.05) is 0 Å². The summed E-state index contributed by atoms with van der Waals surface area (Å²) in [4.78, 5) is 14.3. The molecule has 17 heavy (non-hydrogen) atoms. The third-order valence-electron chi connectivity index (χ3n) is 2.07. The van der Waals surface area contributed by atoms with Crippen molar-refractivity contribution in [3.05, 3.63) is 23.3 Å². The molecule has 0 atom stereocenters. The molecule has 0 aliphatic rings. The standard InChI is InChI=1S/C10H11F3N2O2/c1-2-17-7(16)3-5-6(9(11)12)4-15-10(13)8(5)14/h4,9H,2-3,14H2,1H3. The Morgan fingerprint density at radius 2 is 2.24 bits per heavy atom. The zero-order chi connectivity index (χ0) is 13.0. The van der Waals surface area contributed by atoms with Gasteiger partial charge in [0, 0.05) is 17.3 Å². The first-order chi connectivity index (χ1) is 7.97. The van der Waals surface area contributed by atoms with Crippen LogP contribution < -0.4 is 5.73 Å². The molecule has 0 bridgehead atoms. The second-order valence-electron chi connectivity index (χ2n) is 3.18. The lowest BCUT2D eigenvalue weighted by atomic mass is 10.1. The molecule has 0 aromatic carbocycles. The fourth-order valence-corrected chi connectivity index (χ4v) is 1.30. The van der Waals surface area contributed by atoms with Crippen molar-refractivity contribution < 1.29 is 22.7 Å². The summed E-state index contributed by atoms with van der Waals surface area (Å²) < 4.78 is 42.8. The fourth-order valence-electron chi connectivity index (χ4n) is 1.30. The largest absolute Gasteiger partial charge is 0.466 e. The van der Waals surface area contributed by atoms with Crippen molar-refractivity contribution in [2.24, 2.45) is 0 Å². The van der Waals surface area contributed by atoms with Gasteiger partial charge in [-0.3, -0.25) is 4.79 Å². The van der Waals surface area contributed by atoms with Gasteiger partial charge in [0.15, 0.2) is 0 Å². The summed E-state index contributed by atoms with van der Waals surface area (Å²) in [5.74, 6) is -1.82. The van der Waals surface area contributed by atoms with Crippen molar-refractivity contribution in [2.75, 3.05) is 12.3 Å². The number of hydrogen-bond acceptors (Lipinski definition) is 4. The van der Waals surface area contributed by atoms with Crippen molar-refractivity contribution in [3.8, 4) is 0 Å². The normalized spacial score (nSPS) is 10.6. The van der Waals surface area contributed by atoms with E-state index in [1.165, 1.54) is 0 Å². The van der Waals surface area contributed by atoms with E-state index in [1.54, 1.807) is 6.92 Å². The van der Waals surface area contributed by atoms with E-state index in [9.17, 15) is 18.0 Å². The smallest absolute Gasteiger partial charge is 0.310 e. The molecule has 1 heterocycles. The predicted octanol–water partition coefficient (Wildman–Crippen LogP) is 1.85. The average Bonchev–Trinajstić information content (AvgIpc) is 2.25. The molecular formula is C10H11F3N2O2. The average molecular weight is 248 g/mol. The number of aromatic nitrogens is 1. The van der Waals surface area contributed by atoms with Crippen LogP contribution in [0.4, 0.5) is 18.9 Å². The quantitative estimate of drug-likeness (QED) is 0.652. The summed E-state index contributed by atoms with van der Waals surface area (Å²) in [7, 11) is 0. The van der Waals surface area contributed by atoms with E-state index >= 15 is 0 Å². The zero-order valence-electron chi connectivity index (χ0n) is 9.04. The number of hydrogen-bond donors (Lipinski definition) is 1. The Morgan fingerprint density at radius 1 is 1.59 bits per heavy atom. The Labute approximate surface area is 95.6 Å². The highest BCUT2D eigenvalue weighted by atomic mass is 19.3. The van der Waals surface area contributed by atoms with E-state index in [0.29, 0.717) is 6.20 Å². The van der Waals surface area contributed by atoms with Crippen molar-refractivity contribution in [2.45, 2.75) is 19.8 Å². The van der Waals surface area contributed by atoms with E-state index in [4.69, 9.17) is 5.73 Å². The number of halogens is 3. The van der Waals surface area contributed by atoms with Crippen LogP contribution in [-0.4, -0.2) is 17.6 Å². The van der Waals surface area contributed by atoms with E-state index in [0.717, 1.165) is 0 Å². The first kappa shape index (κ1) is 13.3. The molecule has 7 heteroatoms. The lowest BCUT2D eigenvalue weighted by Crippen LogP contribution is -2.13. The van der Waals surface area contributed by atoms with Crippen LogP contribution >= 0.6 is 0 Å². The Balaban J connectivity index is 3.10. The maximum atomic E-state index is 13.0. The van der Waals surface area contributed by atoms with Crippen molar-refractivity contribution in [1.29, 1.82) is 0 Å². The lowest BCUT2D eigenvalue weighted by Gasteiger charge is -2.11. The topological polar surface area (TPSA) is 65.2 Å². The van der Waals surface area contributed by atoms with E-state index in [-0.39, 0.29) is 12.2 Å². The number of rotatable bonds is 4. The molecule has 0 amide bonds. The summed E-state index contributed by atoms with van der Waals surface area (Å²) in [6.45, 7) is 1.68. The molecule has 0 saturated heterocycles. The number of pyridine rings is 1. The van der Waals surface area contributed by atoms with Crippen LogP contribution in [0.3, 0.4) is 0 Å². The third kappa shape index (κ3) is 3.08. The van der Waals surface area contributed by atoms with Gasteiger partial charge in [0.1, 0.15) is 0 Å². The summed E-state index contributed by atoms with van der Waals surface area (Å²) >= 11 is 0. The minimum absolute atomic E-state index is 0.107. The second kappa shape index (κ2) is 5.51. The summed E-state index contributed by atoms with van der Waals surface area (Å²) in [6.07, 6.45) is -2.71. The van der Waals surface area contributed by atoms with E-state index in [1.807, 2.05) is 0 Å². The molecule has 0 unspecified atom stereocenters. The SMILES string of the molecule is CCOC(=O)Cc1c(C(F)F)cnc(F)c1N. The van der Waals surface area contributed by atoms with Crippen molar-refractivity contribution in [1.82, 2.24) is 4.98 Å². The van der Waals surface area contributed by atoms with Crippen LogP contribution in [0, 0.1) is 5.95 Å². The molecule has 1 aromatic heterocycles. The first-order valence-corrected chi connectivity index (χ1v) is 4.83. The van der Waals surface area contributed by atoms with Gasteiger partial charge in [-0.25, -0.2) is 13.8 Å². The van der Waals surface area contributed by atoms with Gasteiger partial charge in [0.25, 0.3) is 6.43 Å². The number of anilines is 1. The molecule has 0 fully saturated rings. The number of nitrogens with two attached hydrogens (primary N) is 1. The van der Waals surface area contributed by atoms with Gasteiger partial charge in [-0.15, -0.1) is 0 Å². The van der Waals surface area contributed by atoms with Gasteiger partial charge >= 0.3 is 5.97 Å². The highest BCUT2D eigenvalue weighted by Gasteiger charge is 2.21. The first-order valence-electron chi connectivity index (χ1n) is 4.83. The van der Waals surface area contributed by atoms with Crippen LogP contribution in [-0.2, 0) is 16.0 Å². The maximum absolute atomic E-state index is 13.0. The third-order valence-corrected chi connectivity index (χ3v) is 2.07. The number of esters is 1. The van der Waals surface area contributed by atoms with Crippen LogP contribution in [0.2, 0.25) is 0 Å². The van der Waals surface area contributed by atoms with Crippen molar-refractivity contribution in [3.63, 3.8) is 0 Å². The van der Waals surface area contributed by atoms with Gasteiger partial charge in [0.05, 0.1) is 18.7 Å².